The number of halogens is 2. The van der Waals surface area contributed by atoms with E-state index in [2.05, 4.69) is 31.1 Å². The summed E-state index contributed by atoms with van der Waals surface area (Å²) in [5.74, 6) is -1.85. The third kappa shape index (κ3) is 3.43. The number of benzene rings is 1. The molecule has 0 aliphatic carbocycles. The van der Waals surface area contributed by atoms with Gasteiger partial charge in [0, 0.05) is 11.6 Å². The van der Waals surface area contributed by atoms with E-state index in [0.29, 0.717) is 10.7 Å². The van der Waals surface area contributed by atoms with Crippen LogP contribution in [0.4, 0.5) is 9.18 Å². The van der Waals surface area contributed by atoms with Gasteiger partial charge in [0.1, 0.15) is 10.8 Å². The van der Waals surface area contributed by atoms with Crippen molar-refractivity contribution in [1.82, 2.24) is 35.9 Å². The summed E-state index contributed by atoms with van der Waals surface area (Å²) in [7, 11) is 0. The number of hydrogen-bond acceptors (Lipinski definition) is 7. The maximum Gasteiger partial charge on any atom is 0.322 e. The van der Waals surface area contributed by atoms with E-state index in [-0.39, 0.29) is 17.3 Å². The van der Waals surface area contributed by atoms with Crippen LogP contribution in [0.3, 0.4) is 0 Å². The molecule has 3 heterocycles. The number of thiazole rings is 1. The quantitative estimate of drug-likeness (QED) is 0.512. The lowest BCUT2D eigenvalue weighted by Gasteiger charge is -2.23. The van der Waals surface area contributed by atoms with E-state index in [1.165, 1.54) is 24.5 Å². The largest absolute Gasteiger partial charge is 0.347 e. The number of aromatic nitrogens is 4. The molecule has 1 saturated heterocycles. The Bertz CT molecular complexity index is 1120. The average Bonchev–Trinajstić information content (AvgIpc) is 3.43. The fraction of sp³-hybridized carbons (Fsp3) is 0.125. The Morgan fingerprint density at radius 2 is 2.21 bits per heavy atom. The molecule has 148 valence electrons. The van der Waals surface area contributed by atoms with Crippen LogP contribution in [-0.4, -0.2) is 44.4 Å². The van der Waals surface area contributed by atoms with Gasteiger partial charge in [-0.1, -0.05) is 11.6 Å². The van der Waals surface area contributed by atoms with Crippen molar-refractivity contribution in [2.45, 2.75) is 5.54 Å². The van der Waals surface area contributed by atoms with Gasteiger partial charge in [0.25, 0.3) is 11.8 Å². The first-order chi connectivity index (χ1) is 13.9. The first-order valence-electron chi connectivity index (χ1n) is 8.08. The summed E-state index contributed by atoms with van der Waals surface area (Å²) in [6.45, 7) is -0.244. The molecule has 1 aliphatic rings. The van der Waals surface area contributed by atoms with Gasteiger partial charge in [0.2, 0.25) is 0 Å². The molecule has 29 heavy (non-hydrogen) atoms. The van der Waals surface area contributed by atoms with Crippen LogP contribution in [0.15, 0.2) is 36.0 Å². The summed E-state index contributed by atoms with van der Waals surface area (Å²) < 4.78 is 13.3. The van der Waals surface area contributed by atoms with Gasteiger partial charge in [0.05, 0.1) is 23.5 Å². The van der Waals surface area contributed by atoms with Gasteiger partial charge in [-0.2, -0.15) is 9.90 Å². The number of amides is 4. The van der Waals surface area contributed by atoms with Crippen LogP contribution >= 0.6 is 22.9 Å². The molecule has 3 N–H and O–H groups in total. The number of imide groups is 1. The van der Waals surface area contributed by atoms with Crippen molar-refractivity contribution in [2.24, 2.45) is 0 Å². The molecule has 4 amide bonds. The molecule has 3 aromatic rings. The Kier molecular flexibility index (Phi) is 4.72. The zero-order chi connectivity index (χ0) is 20.6. The molecule has 10 nitrogen and oxygen atoms in total. The minimum absolute atomic E-state index is 0.0514. The van der Waals surface area contributed by atoms with E-state index in [1.807, 2.05) is 0 Å². The van der Waals surface area contributed by atoms with Crippen molar-refractivity contribution in [3.63, 3.8) is 0 Å². The normalized spacial score (nSPS) is 18.4. The standard InChI is InChI=1S/C16H11ClFN7O3S/c17-9-5-8(1-2-10(9)18)25-21-6-11(24-25)12(26)20-7-16(14-19-3-4-29-14)13(27)22-15(28)23-16/h1-6H,7H2,(H,20,26)(H2,22,23,27,28). The van der Waals surface area contributed by atoms with Gasteiger partial charge < -0.3 is 10.6 Å². The van der Waals surface area contributed by atoms with Crippen LogP contribution in [0.5, 0.6) is 0 Å². The molecular formula is C16H11ClFN7O3S. The first kappa shape index (κ1) is 19.0. The van der Waals surface area contributed by atoms with Crippen molar-refractivity contribution in [1.29, 1.82) is 0 Å². The lowest BCUT2D eigenvalue weighted by Crippen LogP contribution is -2.52. The molecule has 1 fully saturated rings. The summed E-state index contributed by atoms with van der Waals surface area (Å²) in [4.78, 5) is 41.7. The topological polar surface area (TPSA) is 131 Å². The molecular weight excluding hydrogens is 425 g/mol. The van der Waals surface area contributed by atoms with Crippen molar-refractivity contribution in [3.8, 4) is 5.69 Å². The van der Waals surface area contributed by atoms with Crippen LogP contribution in [-0.2, 0) is 10.3 Å². The Labute approximate surface area is 171 Å². The highest BCUT2D eigenvalue weighted by Crippen LogP contribution is 2.26. The predicted molar refractivity (Wildman–Crippen MR) is 99.1 cm³/mol. The predicted octanol–water partition coefficient (Wildman–Crippen LogP) is 0.981. The van der Waals surface area contributed by atoms with Gasteiger partial charge in [0.15, 0.2) is 11.2 Å². The molecule has 1 aromatic carbocycles. The van der Waals surface area contributed by atoms with E-state index in [1.54, 1.807) is 5.38 Å². The third-order valence-corrected chi connectivity index (χ3v) is 5.34. The van der Waals surface area contributed by atoms with Crippen molar-refractivity contribution >= 4 is 40.8 Å². The van der Waals surface area contributed by atoms with Gasteiger partial charge in [-0.3, -0.25) is 14.9 Å². The van der Waals surface area contributed by atoms with Crippen LogP contribution in [0.1, 0.15) is 15.5 Å². The summed E-state index contributed by atoms with van der Waals surface area (Å²) >= 11 is 6.91. The van der Waals surface area contributed by atoms with Crippen molar-refractivity contribution in [3.05, 3.63) is 57.5 Å². The average molecular weight is 436 g/mol. The zero-order valence-electron chi connectivity index (χ0n) is 14.3. The summed E-state index contributed by atoms with van der Waals surface area (Å²) in [6, 6.07) is 3.19. The number of nitrogens with zero attached hydrogens (tertiary/aromatic N) is 4. The number of carbonyl (C=O) groups is 3. The molecule has 1 unspecified atom stereocenters. The Morgan fingerprint density at radius 1 is 1.38 bits per heavy atom. The molecule has 1 aliphatic heterocycles. The smallest absolute Gasteiger partial charge is 0.322 e. The molecule has 1 atom stereocenters. The summed E-state index contributed by atoms with van der Waals surface area (Å²) in [5, 5.41) is 17.1. The van der Waals surface area contributed by atoms with Gasteiger partial charge in [-0.15, -0.1) is 16.4 Å². The van der Waals surface area contributed by atoms with Crippen molar-refractivity contribution in [2.75, 3.05) is 6.54 Å². The molecule has 2 aromatic heterocycles. The van der Waals surface area contributed by atoms with Gasteiger partial charge >= 0.3 is 6.03 Å². The highest BCUT2D eigenvalue weighted by molar-refractivity contribution is 7.09. The zero-order valence-corrected chi connectivity index (χ0v) is 15.9. The molecule has 0 spiro atoms. The van der Waals surface area contributed by atoms with Crippen LogP contribution in [0, 0.1) is 5.82 Å². The number of urea groups is 1. The van der Waals surface area contributed by atoms with E-state index < -0.39 is 29.2 Å². The lowest BCUT2D eigenvalue weighted by atomic mass is 10.0. The van der Waals surface area contributed by atoms with E-state index in [9.17, 15) is 18.8 Å². The second-order valence-corrected chi connectivity index (χ2v) is 7.25. The van der Waals surface area contributed by atoms with Gasteiger partial charge in [-0.05, 0) is 18.2 Å². The van der Waals surface area contributed by atoms with E-state index >= 15 is 0 Å². The monoisotopic (exact) mass is 435 g/mol. The van der Waals surface area contributed by atoms with Crippen LogP contribution in [0.2, 0.25) is 5.02 Å². The molecule has 0 radical (unpaired) electrons. The van der Waals surface area contributed by atoms with Crippen LogP contribution < -0.4 is 16.0 Å². The third-order valence-electron chi connectivity index (χ3n) is 4.11. The van der Waals surface area contributed by atoms with E-state index in [0.717, 1.165) is 22.2 Å². The molecule has 0 bridgehead atoms. The van der Waals surface area contributed by atoms with Gasteiger partial charge in [-0.25, -0.2) is 14.2 Å². The Morgan fingerprint density at radius 3 is 2.86 bits per heavy atom. The summed E-state index contributed by atoms with van der Waals surface area (Å²) in [5.41, 5.74) is -1.21. The fourth-order valence-electron chi connectivity index (χ4n) is 2.68. The van der Waals surface area contributed by atoms with Crippen molar-refractivity contribution < 1.29 is 18.8 Å². The number of rotatable bonds is 5. The number of carbonyl (C=O) groups excluding carboxylic acids is 3. The minimum Gasteiger partial charge on any atom is -0.347 e. The summed E-state index contributed by atoms with van der Waals surface area (Å²) in [6.07, 6.45) is 2.69. The molecule has 13 heteroatoms. The second kappa shape index (κ2) is 7.22. The van der Waals surface area contributed by atoms with E-state index in [4.69, 9.17) is 11.6 Å². The Balaban J connectivity index is 1.52. The number of hydrogen-bond donors (Lipinski definition) is 3. The maximum atomic E-state index is 13.3. The molecule has 0 saturated carbocycles. The maximum absolute atomic E-state index is 13.3. The SMILES string of the molecule is O=C1NC(=O)C(CNC(=O)c2cnn(-c3ccc(F)c(Cl)c3)n2)(c2nccs2)N1. The minimum atomic E-state index is -1.51. The highest BCUT2D eigenvalue weighted by atomic mass is 35.5. The highest BCUT2D eigenvalue weighted by Gasteiger charge is 2.50. The van der Waals surface area contributed by atoms with Crippen LogP contribution in [0.25, 0.3) is 5.69 Å². The Hall–Kier alpha value is -3.38. The second-order valence-electron chi connectivity index (χ2n) is 5.95. The lowest BCUT2D eigenvalue weighted by molar-refractivity contribution is -0.124. The fourth-order valence-corrected chi connectivity index (χ4v) is 3.65. The number of nitrogens with one attached hydrogen (secondary N) is 3. The first-order valence-corrected chi connectivity index (χ1v) is 9.34. The molecule has 4 rings (SSSR count).